The number of primary amides is 1. The van der Waals surface area contributed by atoms with Crippen LogP contribution in [0.15, 0.2) is 78.9 Å². The van der Waals surface area contributed by atoms with Crippen molar-refractivity contribution in [3.63, 3.8) is 0 Å². The molecule has 194 valence electrons. The van der Waals surface area contributed by atoms with Gasteiger partial charge in [0, 0.05) is 20.0 Å². The van der Waals surface area contributed by atoms with Gasteiger partial charge in [-0.2, -0.15) is 0 Å². The van der Waals surface area contributed by atoms with Crippen LogP contribution in [0.4, 0.5) is 0 Å². The van der Waals surface area contributed by atoms with Gasteiger partial charge in [-0.1, -0.05) is 78.9 Å². The molecule has 9 heteroatoms. The zero-order valence-corrected chi connectivity index (χ0v) is 20.4. The van der Waals surface area contributed by atoms with E-state index in [-0.39, 0.29) is 33.1 Å². The third kappa shape index (κ3) is 8.29. The van der Waals surface area contributed by atoms with Crippen LogP contribution in [-0.2, 0) is 27.3 Å². The third-order valence-electron chi connectivity index (χ3n) is 5.90. The van der Waals surface area contributed by atoms with Crippen molar-refractivity contribution in [3.05, 3.63) is 95.6 Å². The maximum Gasteiger partial charge on any atom is 0.242 e. The summed E-state index contributed by atoms with van der Waals surface area (Å²) in [5, 5.41) is 12.9. The van der Waals surface area contributed by atoms with Gasteiger partial charge in [-0.15, -0.1) is 0 Å². The van der Waals surface area contributed by atoms with Gasteiger partial charge in [-0.25, -0.2) is 0 Å². The average Bonchev–Trinajstić information content (AvgIpc) is 2.90. The van der Waals surface area contributed by atoms with E-state index in [1.165, 1.54) is 0 Å². The van der Waals surface area contributed by atoms with Crippen LogP contribution in [0.25, 0.3) is 11.1 Å². The summed E-state index contributed by atoms with van der Waals surface area (Å²) >= 11 is 0. The molecule has 0 aliphatic heterocycles. The van der Waals surface area contributed by atoms with Crippen molar-refractivity contribution < 1.29 is 15.8 Å². The first-order valence-corrected chi connectivity index (χ1v) is 11.9. The highest BCUT2D eigenvalue weighted by molar-refractivity contribution is 5.95. The Labute approximate surface area is 217 Å². The molecule has 3 amide bonds. The molecule has 0 saturated carbocycles. The Kier molecular flexibility index (Phi) is 9.51. The van der Waals surface area contributed by atoms with Gasteiger partial charge in [-0.3, -0.25) is 19.8 Å². The van der Waals surface area contributed by atoms with Gasteiger partial charge in [0.25, 0.3) is 0 Å². The fourth-order valence-electron chi connectivity index (χ4n) is 3.76. The summed E-state index contributed by atoms with van der Waals surface area (Å²) in [4.78, 5) is 36.9. The molecular weight excluding hydrogens is 468 g/mol. The van der Waals surface area contributed by atoms with E-state index in [4.69, 9.17) is 22.6 Å². The Morgan fingerprint density at radius 2 is 1.41 bits per heavy atom. The van der Waals surface area contributed by atoms with Crippen LogP contribution < -0.4 is 27.8 Å². The van der Waals surface area contributed by atoms with Crippen molar-refractivity contribution >= 4 is 23.6 Å². The smallest absolute Gasteiger partial charge is 0.242 e. The van der Waals surface area contributed by atoms with Crippen molar-refractivity contribution in [2.24, 2.45) is 17.2 Å². The van der Waals surface area contributed by atoms with Gasteiger partial charge in [0.1, 0.15) is 11.9 Å². The van der Waals surface area contributed by atoms with E-state index in [1.807, 2.05) is 54.6 Å². The second-order valence-corrected chi connectivity index (χ2v) is 8.77. The molecule has 0 radical (unpaired) electrons. The summed E-state index contributed by atoms with van der Waals surface area (Å²) in [5.74, 6) is -1.57. The van der Waals surface area contributed by atoms with Crippen molar-refractivity contribution in [1.82, 2.24) is 10.6 Å². The zero-order chi connectivity index (χ0) is 26.8. The highest BCUT2D eigenvalue weighted by Crippen LogP contribution is 2.19. The molecule has 37 heavy (non-hydrogen) atoms. The minimum absolute atomic E-state index is 0. The number of carbonyl (C=O) groups is 3. The number of carbonyl (C=O) groups excluding carboxylic acids is 3. The van der Waals surface area contributed by atoms with Gasteiger partial charge >= 0.3 is 0 Å². The summed E-state index contributed by atoms with van der Waals surface area (Å²) in [6, 6.07) is 22.7. The van der Waals surface area contributed by atoms with Crippen molar-refractivity contribution in [2.75, 3.05) is 0 Å². The molecule has 0 aromatic heterocycles. The number of nitrogen functional groups attached to an aromatic ring is 1. The Balaban J connectivity index is 0.00000507. The molecule has 9 nitrogen and oxygen atoms in total. The lowest BCUT2D eigenvalue weighted by molar-refractivity contribution is -0.130. The lowest BCUT2D eigenvalue weighted by atomic mass is 10.0. The standard InChI is InChI=1S/C28H32N6O3.H2/c29-23(16-18-6-10-21(11-7-18)20-4-2-1-3-5-20)27(36)34-24(14-15-25(30)35)28(37)33-17-19-8-12-22(13-9-19)26(31)32;/h1-13,23-24H,14-17,29H2,(H2,30,35)(H3,31,32)(H,33,37)(H,34,36);1H/t23-,24+;/m1./s1. The fourth-order valence-corrected chi connectivity index (χ4v) is 3.76. The molecule has 3 aromatic carbocycles. The topological polar surface area (TPSA) is 177 Å². The molecule has 0 unspecified atom stereocenters. The summed E-state index contributed by atoms with van der Waals surface area (Å²) in [5.41, 5.74) is 21.3. The lowest BCUT2D eigenvalue weighted by Crippen LogP contribution is -2.52. The number of hydrogen-bond donors (Lipinski definition) is 6. The molecule has 0 aliphatic rings. The van der Waals surface area contributed by atoms with Gasteiger partial charge in [0.2, 0.25) is 17.7 Å². The normalized spacial score (nSPS) is 12.2. The quantitative estimate of drug-likeness (QED) is 0.163. The molecule has 0 spiro atoms. The molecule has 3 rings (SSSR count). The number of nitrogens with two attached hydrogens (primary N) is 3. The van der Waals surface area contributed by atoms with Crippen LogP contribution >= 0.6 is 0 Å². The third-order valence-corrected chi connectivity index (χ3v) is 5.90. The van der Waals surface area contributed by atoms with Crippen LogP contribution in [0.2, 0.25) is 0 Å². The van der Waals surface area contributed by atoms with E-state index >= 15 is 0 Å². The monoisotopic (exact) mass is 502 g/mol. The van der Waals surface area contributed by atoms with Crippen molar-refractivity contribution in [3.8, 4) is 11.1 Å². The molecule has 0 heterocycles. The number of amides is 3. The molecule has 3 aromatic rings. The Bertz CT molecular complexity index is 1230. The van der Waals surface area contributed by atoms with E-state index in [9.17, 15) is 14.4 Å². The molecular formula is C28H34N6O3. The van der Waals surface area contributed by atoms with E-state index in [2.05, 4.69) is 10.6 Å². The van der Waals surface area contributed by atoms with Gasteiger partial charge in [0.15, 0.2) is 0 Å². The minimum Gasteiger partial charge on any atom is -0.384 e. The second kappa shape index (κ2) is 13.0. The number of hydrogen-bond acceptors (Lipinski definition) is 5. The van der Waals surface area contributed by atoms with E-state index < -0.39 is 29.8 Å². The summed E-state index contributed by atoms with van der Waals surface area (Å²) in [7, 11) is 0. The number of amidine groups is 1. The van der Waals surface area contributed by atoms with Crippen LogP contribution in [0.1, 0.15) is 31.0 Å². The highest BCUT2D eigenvalue weighted by atomic mass is 16.2. The van der Waals surface area contributed by atoms with E-state index in [0.717, 1.165) is 22.3 Å². The van der Waals surface area contributed by atoms with Crippen LogP contribution in [-0.4, -0.2) is 35.6 Å². The van der Waals surface area contributed by atoms with Crippen LogP contribution in [0, 0.1) is 5.41 Å². The maximum absolute atomic E-state index is 12.8. The first-order valence-electron chi connectivity index (χ1n) is 11.9. The van der Waals surface area contributed by atoms with Gasteiger partial charge in [0.05, 0.1) is 6.04 Å². The molecule has 2 atom stereocenters. The molecule has 0 aliphatic carbocycles. The Hall–Kier alpha value is -4.50. The van der Waals surface area contributed by atoms with Crippen molar-refractivity contribution in [2.45, 2.75) is 37.9 Å². The van der Waals surface area contributed by atoms with Crippen LogP contribution in [0.5, 0.6) is 0 Å². The summed E-state index contributed by atoms with van der Waals surface area (Å²) < 4.78 is 0. The van der Waals surface area contributed by atoms with Gasteiger partial charge < -0.3 is 27.8 Å². The zero-order valence-electron chi connectivity index (χ0n) is 20.4. The summed E-state index contributed by atoms with van der Waals surface area (Å²) in [6.45, 7) is 0.194. The number of nitrogens with one attached hydrogen (secondary N) is 3. The molecule has 0 bridgehead atoms. The predicted molar refractivity (Wildman–Crippen MR) is 145 cm³/mol. The van der Waals surface area contributed by atoms with E-state index in [0.29, 0.717) is 5.56 Å². The van der Waals surface area contributed by atoms with Crippen molar-refractivity contribution in [1.29, 1.82) is 5.41 Å². The van der Waals surface area contributed by atoms with Gasteiger partial charge in [-0.05, 0) is 35.1 Å². The van der Waals surface area contributed by atoms with Crippen LogP contribution in [0.3, 0.4) is 0 Å². The molecule has 0 saturated heterocycles. The maximum atomic E-state index is 12.8. The average molecular weight is 503 g/mol. The first-order chi connectivity index (χ1) is 17.7. The lowest BCUT2D eigenvalue weighted by Gasteiger charge is -2.20. The molecule has 0 fully saturated rings. The largest absolute Gasteiger partial charge is 0.384 e. The second-order valence-electron chi connectivity index (χ2n) is 8.77. The number of rotatable bonds is 12. The summed E-state index contributed by atoms with van der Waals surface area (Å²) in [6.07, 6.45) is 0.268. The fraction of sp³-hybridized carbons (Fsp3) is 0.214. The molecule has 9 N–H and O–H groups in total. The minimum atomic E-state index is -0.969. The highest BCUT2D eigenvalue weighted by Gasteiger charge is 2.24. The first kappa shape index (κ1) is 27.1. The SMILES string of the molecule is N=C(N)c1ccc(CNC(=O)[C@H](CCC(N)=O)NC(=O)[C@H](N)Cc2ccc(-c3ccccc3)cc2)cc1.[HH]. The predicted octanol–water partition coefficient (Wildman–Crippen LogP) is 1.82. The Morgan fingerprint density at radius 3 is 2.00 bits per heavy atom. The van der Waals surface area contributed by atoms with E-state index in [1.54, 1.807) is 24.3 Å². The Morgan fingerprint density at radius 1 is 0.811 bits per heavy atom. The number of benzene rings is 3.